The summed E-state index contributed by atoms with van der Waals surface area (Å²) >= 11 is 0. The van der Waals surface area contributed by atoms with Gasteiger partial charge in [0.25, 0.3) is 0 Å². The van der Waals surface area contributed by atoms with E-state index >= 15 is 0 Å². The number of hydrogen-bond acceptors (Lipinski definition) is 5. The molecule has 160 valence electrons. The average Bonchev–Trinajstić information content (AvgIpc) is 3.24. The number of nitrogens with zero attached hydrogens (tertiary/aromatic N) is 1. The molecule has 0 spiro atoms. The molecule has 6 heteroatoms. The smallest absolute Gasteiger partial charge is 0.123 e. The summed E-state index contributed by atoms with van der Waals surface area (Å²) in [6.07, 6.45) is 0. The van der Waals surface area contributed by atoms with Crippen molar-refractivity contribution in [2.24, 2.45) is 5.92 Å². The van der Waals surface area contributed by atoms with E-state index in [0.29, 0.717) is 5.92 Å². The van der Waals surface area contributed by atoms with Crippen molar-refractivity contribution in [3.8, 4) is 11.5 Å². The standard InChI is InChI=1S/C25H26FN3O2/c1-30-19-9-5-17(6-10-19)24-22-15-29(14-16-3-7-18(26)8-4-16)23-12-11-20(31-2)13-21(23)25(22)28-27-24/h3-13,22,24-25,27-28H,14-15H2,1-2H3. The second-order valence-corrected chi connectivity index (χ2v) is 8.11. The van der Waals surface area contributed by atoms with Gasteiger partial charge in [0.1, 0.15) is 17.3 Å². The number of halogens is 1. The van der Waals surface area contributed by atoms with Gasteiger partial charge in [0.15, 0.2) is 0 Å². The lowest BCUT2D eigenvalue weighted by Gasteiger charge is -2.39. The molecule has 2 aliphatic heterocycles. The largest absolute Gasteiger partial charge is 0.497 e. The first-order valence-electron chi connectivity index (χ1n) is 10.5. The summed E-state index contributed by atoms with van der Waals surface area (Å²) in [7, 11) is 3.37. The van der Waals surface area contributed by atoms with Crippen LogP contribution < -0.4 is 25.2 Å². The van der Waals surface area contributed by atoms with Crippen molar-refractivity contribution >= 4 is 5.69 Å². The molecule has 0 aliphatic carbocycles. The quantitative estimate of drug-likeness (QED) is 0.643. The van der Waals surface area contributed by atoms with Crippen molar-refractivity contribution in [1.29, 1.82) is 0 Å². The molecule has 1 fully saturated rings. The second kappa shape index (κ2) is 8.21. The number of nitrogens with one attached hydrogen (secondary N) is 2. The zero-order valence-corrected chi connectivity index (χ0v) is 17.6. The maximum atomic E-state index is 13.4. The van der Waals surface area contributed by atoms with Crippen LogP contribution in [0.25, 0.3) is 0 Å². The van der Waals surface area contributed by atoms with E-state index < -0.39 is 0 Å². The zero-order valence-electron chi connectivity index (χ0n) is 17.6. The zero-order chi connectivity index (χ0) is 21.4. The number of anilines is 1. The Morgan fingerprint density at radius 3 is 2.26 bits per heavy atom. The van der Waals surface area contributed by atoms with Crippen molar-refractivity contribution in [1.82, 2.24) is 10.9 Å². The molecule has 0 aromatic heterocycles. The summed E-state index contributed by atoms with van der Waals surface area (Å²) in [6, 6.07) is 21.6. The van der Waals surface area contributed by atoms with Crippen LogP contribution in [0.2, 0.25) is 0 Å². The van der Waals surface area contributed by atoms with Gasteiger partial charge in [-0.15, -0.1) is 0 Å². The Kier molecular flexibility index (Phi) is 5.26. The van der Waals surface area contributed by atoms with E-state index in [1.54, 1.807) is 14.2 Å². The Bertz CT molecular complexity index is 1060. The SMILES string of the molecule is COc1ccc(C2NNC3c4cc(OC)ccc4N(Cc4ccc(F)cc4)CC23)cc1. The molecule has 3 aromatic rings. The Labute approximate surface area is 181 Å². The highest BCUT2D eigenvalue weighted by Crippen LogP contribution is 2.46. The van der Waals surface area contributed by atoms with Gasteiger partial charge in [-0.1, -0.05) is 24.3 Å². The van der Waals surface area contributed by atoms with Crippen molar-refractivity contribution in [2.45, 2.75) is 18.6 Å². The third kappa shape index (κ3) is 3.73. The van der Waals surface area contributed by atoms with E-state index in [-0.39, 0.29) is 17.9 Å². The lowest BCUT2D eigenvalue weighted by Crippen LogP contribution is -2.39. The first kappa shape index (κ1) is 19.8. The van der Waals surface area contributed by atoms with Gasteiger partial charge in [0.2, 0.25) is 0 Å². The third-order valence-corrected chi connectivity index (χ3v) is 6.35. The summed E-state index contributed by atoms with van der Waals surface area (Å²) in [5, 5.41) is 0. The molecule has 3 atom stereocenters. The molecule has 0 saturated carbocycles. The molecule has 5 rings (SSSR count). The molecular weight excluding hydrogens is 393 g/mol. The molecule has 0 radical (unpaired) electrons. The highest BCUT2D eigenvalue weighted by Gasteiger charge is 2.43. The van der Waals surface area contributed by atoms with Crippen LogP contribution in [-0.2, 0) is 6.54 Å². The highest BCUT2D eigenvalue weighted by molar-refractivity contribution is 5.61. The number of benzene rings is 3. The maximum Gasteiger partial charge on any atom is 0.123 e. The molecule has 2 heterocycles. The predicted molar refractivity (Wildman–Crippen MR) is 119 cm³/mol. The fraction of sp³-hybridized carbons (Fsp3) is 0.280. The lowest BCUT2D eigenvalue weighted by atomic mass is 9.82. The summed E-state index contributed by atoms with van der Waals surface area (Å²) in [5.74, 6) is 1.79. The number of ether oxygens (including phenoxy) is 2. The van der Waals surface area contributed by atoms with E-state index in [4.69, 9.17) is 9.47 Å². The monoisotopic (exact) mass is 419 g/mol. The molecule has 0 amide bonds. The van der Waals surface area contributed by atoms with Gasteiger partial charge in [-0.05, 0) is 59.2 Å². The molecular formula is C25H26FN3O2. The van der Waals surface area contributed by atoms with E-state index in [0.717, 1.165) is 30.2 Å². The van der Waals surface area contributed by atoms with Gasteiger partial charge < -0.3 is 14.4 Å². The Morgan fingerprint density at radius 1 is 0.871 bits per heavy atom. The lowest BCUT2D eigenvalue weighted by molar-refractivity contribution is 0.392. The van der Waals surface area contributed by atoms with Crippen molar-refractivity contribution in [2.75, 3.05) is 25.7 Å². The molecule has 3 unspecified atom stereocenters. The fourth-order valence-electron chi connectivity index (χ4n) is 4.76. The number of rotatable bonds is 5. The first-order chi connectivity index (χ1) is 15.2. The number of methoxy groups -OCH3 is 2. The highest BCUT2D eigenvalue weighted by atomic mass is 19.1. The number of hydrogen-bond donors (Lipinski definition) is 2. The van der Waals surface area contributed by atoms with Crippen LogP contribution in [-0.4, -0.2) is 20.8 Å². The topological polar surface area (TPSA) is 45.8 Å². The normalized spacial score (nSPS) is 22.0. The van der Waals surface area contributed by atoms with Crippen LogP contribution in [0.5, 0.6) is 11.5 Å². The van der Waals surface area contributed by atoms with Crippen LogP contribution in [0.15, 0.2) is 66.7 Å². The van der Waals surface area contributed by atoms with Crippen LogP contribution in [0.3, 0.4) is 0 Å². The summed E-state index contributed by atoms with van der Waals surface area (Å²) in [5.41, 5.74) is 11.7. The second-order valence-electron chi connectivity index (χ2n) is 8.11. The van der Waals surface area contributed by atoms with Crippen LogP contribution >= 0.6 is 0 Å². The number of hydrazine groups is 1. The fourth-order valence-corrected chi connectivity index (χ4v) is 4.76. The van der Waals surface area contributed by atoms with Gasteiger partial charge in [-0.25, -0.2) is 15.2 Å². The van der Waals surface area contributed by atoms with Gasteiger partial charge >= 0.3 is 0 Å². The van der Waals surface area contributed by atoms with Crippen LogP contribution in [0.4, 0.5) is 10.1 Å². The minimum absolute atomic E-state index is 0.158. The van der Waals surface area contributed by atoms with Crippen molar-refractivity contribution in [3.05, 3.63) is 89.2 Å². The molecule has 31 heavy (non-hydrogen) atoms. The van der Waals surface area contributed by atoms with Gasteiger partial charge in [-0.2, -0.15) is 0 Å². The maximum absolute atomic E-state index is 13.4. The van der Waals surface area contributed by atoms with Crippen molar-refractivity contribution in [3.63, 3.8) is 0 Å². The van der Waals surface area contributed by atoms with Gasteiger partial charge in [0, 0.05) is 24.7 Å². The molecule has 2 aliphatic rings. The van der Waals surface area contributed by atoms with Gasteiger partial charge in [-0.3, -0.25) is 0 Å². The van der Waals surface area contributed by atoms with Crippen molar-refractivity contribution < 1.29 is 13.9 Å². The molecule has 2 N–H and O–H groups in total. The molecule has 1 saturated heterocycles. The minimum atomic E-state index is -0.212. The van der Waals surface area contributed by atoms with Gasteiger partial charge in [0.05, 0.1) is 26.3 Å². The van der Waals surface area contributed by atoms with E-state index in [2.05, 4.69) is 40.0 Å². The number of fused-ring (bicyclic) bond motifs is 3. The Hall–Kier alpha value is -3.09. The molecule has 3 aromatic carbocycles. The first-order valence-corrected chi connectivity index (χ1v) is 10.5. The molecule has 0 bridgehead atoms. The van der Waals surface area contributed by atoms with E-state index in [9.17, 15) is 4.39 Å². The van der Waals surface area contributed by atoms with Crippen LogP contribution in [0.1, 0.15) is 28.8 Å². The summed E-state index contributed by atoms with van der Waals surface area (Å²) in [4.78, 5) is 2.38. The summed E-state index contributed by atoms with van der Waals surface area (Å²) in [6.45, 7) is 1.59. The van der Waals surface area contributed by atoms with E-state index in [1.165, 1.54) is 28.9 Å². The van der Waals surface area contributed by atoms with Crippen LogP contribution in [0, 0.1) is 11.7 Å². The minimum Gasteiger partial charge on any atom is -0.497 e. The predicted octanol–water partition coefficient (Wildman–Crippen LogP) is 4.37. The Balaban J connectivity index is 1.50. The molecule has 5 nitrogen and oxygen atoms in total. The third-order valence-electron chi connectivity index (χ3n) is 6.35. The Morgan fingerprint density at radius 2 is 1.55 bits per heavy atom. The van der Waals surface area contributed by atoms with E-state index in [1.807, 2.05) is 30.3 Å². The summed E-state index contributed by atoms with van der Waals surface area (Å²) < 4.78 is 24.2. The average molecular weight is 420 g/mol.